The molecule has 150 valence electrons. The van der Waals surface area contributed by atoms with Crippen LogP contribution in [0.2, 0.25) is 0 Å². The first-order chi connectivity index (χ1) is 12.8. The maximum absolute atomic E-state index is 12.6. The van der Waals surface area contributed by atoms with Crippen LogP contribution in [0.3, 0.4) is 0 Å². The van der Waals surface area contributed by atoms with E-state index in [1.54, 1.807) is 0 Å². The van der Waals surface area contributed by atoms with Crippen molar-refractivity contribution in [2.75, 3.05) is 20.6 Å². The van der Waals surface area contributed by atoms with Gasteiger partial charge in [0, 0.05) is 31.0 Å². The molecule has 1 aliphatic rings. The van der Waals surface area contributed by atoms with Crippen LogP contribution in [0, 0.1) is 0 Å². The Labute approximate surface area is 163 Å². The van der Waals surface area contributed by atoms with E-state index in [0.717, 1.165) is 5.56 Å². The van der Waals surface area contributed by atoms with Gasteiger partial charge < -0.3 is 20.9 Å². The van der Waals surface area contributed by atoms with E-state index in [0.29, 0.717) is 18.7 Å². The van der Waals surface area contributed by atoms with Gasteiger partial charge in [-0.05, 0) is 44.4 Å². The minimum atomic E-state index is -0.184. The predicted molar refractivity (Wildman–Crippen MR) is 108 cm³/mol. The van der Waals surface area contributed by atoms with Gasteiger partial charge in [0.25, 0.3) is 5.91 Å². The van der Waals surface area contributed by atoms with Crippen LogP contribution >= 0.6 is 0 Å². The minimum absolute atomic E-state index is 0.0294. The Kier molecular flexibility index (Phi) is 7.66. The summed E-state index contributed by atoms with van der Waals surface area (Å²) in [6.45, 7) is 4.99. The quantitative estimate of drug-likeness (QED) is 0.583. The predicted octanol–water partition coefficient (Wildman–Crippen LogP) is 1.47. The molecule has 1 fully saturated rings. The molecule has 0 bridgehead atoms. The lowest BCUT2D eigenvalue weighted by Crippen LogP contribution is -3.16. The van der Waals surface area contributed by atoms with Gasteiger partial charge in [0.1, 0.15) is 5.54 Å². The Morgan fingerprint density at radius 3 is 2.22 bits per heavy atom. The van der Waals surface area contributed by atoms with E-state index >= 15 is 0 Å². The maximum Gasteiger partial charge on any atom is 0.315 e. The fourth-order valence-corrected chi connectivity index (χ4v) is 3.70. The molecule has 0 unspecified atom stereocenters. The lowest BCUT2D eigenvalue weighted by molar-refractivity contribution is -0.916. The Morgan fingerprint density at radius 2 is 1.67 bits per heavy atom. The van der Waals surface area contributed by atoms with Gasteiger partial charge in [0.05, 0.1) is 20.6 Å². The molecule has 0 atom stereocenters. The summed E-state index contributed by atoms with van der Waals surface area (Å²) in [7, 11) is 4.38. The Balaban J connectivity index is 1.87. The van der Waals surface area contributed by atoms with Crippen molar-refractivity contribution in [1.82, 2.24) is 16.0 Å². The van der Waals surface area contributed by atoms with Crippen LogP contribution in [0.1, 0.15) is 61.9 Å². The summed E-state index contributed by atoms with van der Waals surface area (Å²) in [6.07, 6.45) is 6.12. The highest BCUT2D eigenvalue weighted by Crippen LogP contribution is 2.25. The van der Waals surface area contributed by atoms with E-state index in [1.165, 1.54) is 37.0 Å². The summed E-state index contributed by atoms with van der Waals surface area (Å²) in [5, 5.41) is 8.74. The molecule has 1 saturated carbocycles. The van der Waals surface area contributed by atoms with Gasteiger partial charge in [-0.25, -0.2) is 4.79 Å². The third-order valence-electron chi connectivity index (χ3n) is 5.55. The molecular formula is C21H35N4O2+. The molecule has 0 radical (unpaired) electrons. The molecule has 0 saturated heterocycles. The average Bonchev–Trinajstić information content (AvgIpc) is 2.65. The SMILES string of the molecule is CC(C)NC(=O)NCc1ccc(C(=O)NCC2([NH+](C)C)CCCCC2)cc1. The number of carbonyl (C=O) groups excluding carboxylic acids is 2. The molecule has 2 rings (SSSR count). The third kappa shape index (κ3) is 6.24. The number of benzene rings is 1. The molecule has 0 aromatic heterocycles. The van der Waals surface area contributed by atoms with Crippen LogP contribution in [0.5, 0.6) is 0 Å². The number of urea groups is 1. The molecule has 6 heteroatoms. The van der Waals surface area contributed by atoms with Gasteiger partial charge in [-0.15, -0.1) is 0 Å². The van der Waals surface area contributed by atoms with Crippen LogP contribution in [0.4, 0.5) is 4.79 Å². The summed E-state index contributed by atoms with van der Waals surface area (Å²) in [6, 6.07) is 7.34. The van der Waals surface area contributed by atoms with E-state index in [2.05, 4.69) is 30.0 Å². The molecule has 0 aliphatic heterocycles. The lowest BCUT2D eigenvalue weighted by atomic mass is 9.80. The monoisotopic (exact) mass is 375 g/mol. The number of carbonyl (C=O) groups is 2. The molecule has 1 aliphatic carbocycles. The van der Waals surface area contributed by atoms with Crippen molar-refractivity contribution in [3.05, 3.63) is 35.4 Å². The van der Waals surface area contributed by atoms with Crippen molar-refractivity contribution in [1.29, 1.82) is 0 Å². The van der Waals surface area contributed by atoms with Gasteiger partial charge >= 0.3 is 6.03 Å². The summed E-state index contributed by atoms with van der Waals surface area (Å²) in [5.41, 5.74) is 1.78. The number of hydrogen-bond acceptors (Lipinski definition) is 2. The van der Waals surface area contributed by atoms with Gasteiger partial charge in [-0.2, -0.15) is 0 Å². The van der Waals surface area contributed by atoms with E-state index in [9.17, 15) is 9.59 Å². The molecule has 27 heavy (non-hydrogen) atoms. The van der Waals surface area contributed by atoms with Gasteiger partial charge in [0.15, 0.2) is 0 Å². The number of amides is 3. The van der Waals surface area contributed by atoms with Crippen LogP contribution in [-0.4, -0.2) is 44.2 Å². The zero-order chi connectivity index (χ0) is 19.9. The highest BCUT2D eigenvalue weighted by molar-refractivity contribution is 5.94. The fraction of sp³-hybridized carbons (Fsp3) is 0.619. The number of likely N-dealkylation sites (N-methyl/N-ethyl adjacent to an activating group) is 1. The van der Waals surface area contributed by atoms with E-state index in [-0.39, 0.29) is 23.5 Å². The van der Waals surface area contributed by atoms with Gasteiger partial charge in [-0.1, -0.05) is 18.6 Å². The highest BCUT2D eigenvalue weighted by atomic mass is 16.2. The van der Waals surface area contributed by atoms with Crippen molar-refractivity contribution in [3.8, 4) is 0 Å². The van der Waals surface area contributed by atoms with Crippen LogP contribution in [-0.2, 0) is 6.54 Å². The smallest absolute Gasteiger partial charge is 0.315 e. The normalized spacial score (nSPS) is 16.2. The molecule has 0 spiro atoms. The van der Waals surface area contributed by atoms with Crippen molar-refractivity contribution in [3.63, 3.8) is 0 Å². The number of nitrogens with one attached hydrogen (secondary N) is 4. The lowest BCUT2D eigenvalue weighted by Gasteiger charge is -2.39. The summed E-state index contributed by atoms with van der Waals surface area (Å²) in [5.74, 6) is -0.0294. The first-order valence-electron chi connectivity index (χ1n) is 10.0. The van der Waals surface area contributed by atoms with Gasteiger partial charge in [-0.3, -0.25) is 4.79 Å². The summed E-state index contributed by atoms with van der Waals surface area (Å²) < 4.78 is 0. The number of quaternary nitrogens is 1. The van der Waals surface area contributed by atoms with Crippen LogP contribution in [0.15, 0.2) is 24.3 Å². The second-order valence-corrected chi connectivity index (χ2v) is 8.20. The number of rotatable bonds is 7. The molecule has 1 aromatic rings. The second-order valence-electron chi connectivity index (χ2n) is 8.20. The molecular weight excluding hydrogens is 340 g/mol. The first kappa shape index (κ1) is 21.2. The molecule has 3 amide bonds. The van der Waals surface area contributed by atoms with Crippen molar-refractivity contribution >= 4 is 11.9 Å². The molecule has 6 nitrogen and oxygen atoms in total. The number of hydrogen-bond donors (Lipinski definition) is 4. The first-order valence-corrected chi connectivity index (χ1v) is 10.0. The zero-order valence-electron chi connectivity index (χ0n) is 17.2. The molecule has 4 N–H and O–H groups in total. The Hall–Kier alpha value is -2.08. The Bertz CT molecular complexity index is 620. The van der Waals surface area contributed by atoms with Crippen molar-refractivity contribution in [2.45, 2.75) is 64.1 Å². The van der Waals surface area contributed by atoms with E-state index in [4.69, 9.17) is 0 Å². The topological polar surface area (TPSA) is 74.7 Å². The largest absolute Gasteiger partial charge is 0.346 e. The Morgan fingerprint density at radius 1 is 1.04 bits per heavy atom. The average molecular weight is 376 g/mol. The molecule has 0 heterocycles. The standard InChI is InChI=1S/C21H34N4O2/c1-16(2)24-20(27)22-14-17-8-10-18(11-9-17)19(26)23-15-21(25(3)4)12-6-5-7-13-21/h8-11,16H,5-7,12-15H2,1-4H3,(H,23,26)(H2,22,24,27)/p+1. The zero-order valence-corrected chi connectivity index (χ0v) is 17.2. The van der Waals surface area contributed by atoms with E-state index < -0.39 is 0 Å². The van der Waals surface area contributed by atoms with Crippen molar-refractivity contribution in [2.24, 2.45) is 0 Å². The summed E-state index contributed by atoms with van der Waals surface area (Å²) in [4.78, 5) is 25.6. The van der Waals surface area contributed by atoms with Crippen molar-refractivity contribution < 1.29 is 14.5 Å². The summed E-state index contributed by atoms with van der Waals surface area (Å²) >= 11 is 0. The van der Waals surface area contributed by atoms with Crippen LogP contribution < -0.4 is 20.9 Å². The minimum Gasteiger partial charge on any atom is -0.346 e. The molecule has 1 aromatic carbocycles. The van der Waals surface area contributed by atoms with Gasteiger partial charge in [0.2, 0.25) is 0 Å². The maximum atomic E-state index is 12.6. The highest BCUT2D eigenvalue weighted by Gasteiger charge is 2.38. The second kappa shape index (κ2) is 9.74. The fourth-order valence-electron chi connectivity index (χ4n) is 3.70. The van der Waals surface area contributed by atoms with Crippen LogP contribution in [0.25, 0.3) is 0 Å². The van der Waals surface area contributed by atoms with E-state index in [1.807, 2.05) is 38.1 Å². The third-order valence-corrected chi connectivity index (χ3v) is 5.55.